The van der Waals surface area contributed by atoms with Crippen molar-refractivity contribution in [3.63, 3.8) is 0 Å². The van der Waals surface area contributed by atoms with E-state index in [2.05, 4.69) is 0 Å². The lowest BCUT2D eigenvalue weighted by atomic mass is 9.84. The fourth-order valence-corrected chi connectivity index (χ4v) is 4.16. The molecule has 0 aliphatic heterocycles. The van der Waals surface area contributed by atoms with Crippen LogP contribution in [0.4, 0.5) is 13.2 Å². The number of halogens is 3. The van der Waals surface area contributed by atoms with Crippen molar-refractivity contribution < 1.29 is 18.0 Å². The summed E-state index contributed by atoms with van der Waals surface area (Å²) >= 11 is 0. The number of alkyl halides is 3. The normalized spacial score (nSPS) is 22.2. The van der Waals surface area contributed by atoms with E-state index in [1.807, 2.05) is 12.1 Å². The van der Waals surface area contributed by atoms with E-state index in [1.54, 1.807) is 0 Å². The average molecular weight is 316 g/mol. The van der Waals surface area contributed by atoms with Gasteiger partial charge in [-0.15, -0.1) is 0 Å². The van der Waals surface area contributed by atoms with Crippen LogP contribution < -0.4 is 0 Å². The topological polar surface area (TPSA) is 17.1 Å². The summed E-state index contributed by atoms with van der Waals surface area (Å²) in [5.41, 5.74) is 4.10. The van der Waals surface area contributed by atoms with Crippen LogP contribution in [0.3, 0.4) is 0 Å². The molecule has 1 nitrogen and oxygen atoms in total. The van der Waals surface area contributed by atoms with Gasteiger partial charge in [-0.25, -0.2) is 0 Å². The van der Waals surface area contributed by atoms with Gasteiger partial charge in [0, 0.05) is 5.56 Å². The van der Waals surface area contributed by atoms with Gasteiger partial charge in [-0.05, 0) is 77.6 Å². The first-order valence-corrected chi connectivity index (χ1v) is 7.78. The van der Waals surface area contributed by atoms with Gasteiger partial charge in [0.1, 0.15) is 6.29 Å². The molecule has 0 saturated heterocycles. The zero-order valence-corrected chi connectivity index (χ0v) is 12.4. The van der Waals surface area contributed by atoms with Crippen molar-refractivity contribution >= 4 is 6.29 Å². The molecule has 1 saturated carbocycles. The molecule has 4 heteroatoms. The second-order valence-electron chi connectivity index (χ2n) is 6.47. The molecule has 0 amide bonds. The molecular weight excluding hydrogens is 301 g/mol. The predicted molar refractivity (Wildman–Crippen MR) is 81.6 cm³/mol. The van der Waals surface area contributed by atoms with Crippen LogP contribution in [0.2, 0.25) is 0 Å². The molecule has 2 aromatic carbocycles. The maximum absolute atomic E-state index is 12.7. The summed E-state index contributed by atoms with van der Waals surface area (Å²) in [4.78, 5) is 11.2. The van der Waals surface area contributed by atoms with Gasteiger partial charge in [0.25, 0.3) is 0 Å². The van der Waals surface area contributed by atoms with Gasteiger partial charge in [-0.2, -0.15) is 13.2 Å². The Morgan fingerprint density at radius 3 is 2.35 bits per heavy atom. The molecule has 0 heterocycles. The van der Waals surface area contributed by atoms with Gasteiger partial charge >= 0.3 is 6.18 Å². The maximum atomic E-state index is 12.7. The van der Waals surface area contributed by atoms with E-state index in [0.29, 0.717) is 17.4 Å². The molecule has 0 N–H and O–H groups in total. The Bertz CT molecular complexity index is 774. The van der Waals surface area contributed by atoms with E-state index in [1.165, 1.54) is 23.3 Å². The Balaban J connectivity index is 1.85. The van der Waals surface area contributed by atoms with E-state index >= 15 is 0 Å². The van der Waals surface area contributed by atoms with Crippen LogP contribution in [-0.4, -0.2) is 6.29 Å². The van der Waals surface area contributed by atoms with Crippen molar-refractivity contribution in [2.24, 2.45) is 0 Å². The van der Waals surface area contributed by atoms with E-state index in [9.17, 15) is 18.0 Å². The van der Waals surface area contributed by atoms with Gasteiger partial charge in [-0.1, -0.05) is 12.1 Å². The largest absolute Gasteiger partial charge is 0.416 e. The smallest absolute Gasteiger partial charge is 0.298 e. The number of hydrogen-bond acceptors (Lipinski definition) is 1. The monoisotopic (exact) mass is 316 g/mol. The van der Waals surface area contributed by atoms with Gasteiger partial charge in [0.2, 0.25) is 0 Å². The summed E-state index contributed by atoms with van der Waals surface area (Å²) in [5, 5.41) is 0. The highest BCUT2D eigenvalue weighted by atomic mass is 19.4. The highest BCUT2D eigenvalue weighted by Gasteiger charge is 2.39. The van der Waals surface area contributed by atoms with E-state index in [4.69, 9.17) is 0 Å². The zero-order chi connectivity index (χ0) is 16.2. The standard InChI is InChI=1S/C19H15F3O/c20-19(21,22)15-5-3-12(4-6-15)16-7-11(10-23)8-17-13-1-2-14(9-13)18(16)17/h3-8,10,13-14H,1-2,9H2. The summed E-state index contributed by atoms with van der Waals surface area (Å²) < 4.78 is 38.2. The first-order valence-electron chi connectivity index (χ1n) is 7.78. The lowest BCUT2D eigenvalue weighted by Crippen LogP contribution is -2.05. The van der Waals surface area contributed by atoms with Crippen molar-refractivity contribution in [2.75, 3.05) is 0 Å². The fraction of sp³-hybridized carbons (Fsp3) is 0.316. The molecular formula is C19H15F3O. The van der Waals surface area contributed by atoms with Crippen molar-refractivity contribution in [1.82, 2.24) is 0 Å². The minimum absolute atomic E-state index is 0.480. The van der Waals surface area contributed by atoms with Crippen LogP contribution in [0.15, 0.2) is 36.4 Å². The van der Waals surface area contributed by atoms with Crippen LogP contribution in [-0.2, 0) is 6.18 Å². The summed E-state index contributed by atoms with van der Waals surface area (Å²) in [6, 6.07) is 9.03. The van der Waals surface area contributed by atoms with Crippen molar-refractivity contribution in [3.8, 4) is 11.1 Å². The molecule has 2 unspecified atom stereocenters. The molecule has 2 atom stereocenters. The third-order valence-electron chi connectivity index (χ3n) is 5.17. The highest BCUT2D eigenvalue weighted by Crippen LogP contribution is 2.56. The molecule has 0 radical (unpaired) electrons. The molecule has 118 valence electrons. The van der Waals surface area contributed by atoms with Gasteiger partial charge in [0.15, 0.2) is 0 Å². The van der Waals surface area contributed by atoms with Crippen LogP contribution in [0.1, 0.15) is 58.1 Å². The van der Waals surface area contributed by atoms with Gasteiger partial charge < -0.3 is 0 Å². The molecule has 4 rings (SSSR count). The lowest BCUT2D eigenvalue weighted by molar-refractivity contribution is -0.137. The van der Waals surface area contributed by atoms with E-state index in [-0.39, 0.29) is 0 Å². The third kappa shape index (κ3) is 2.28. The molecule has 0 spiro atoms. The Hall–Kier alpha value is -2.10. The van der Waals surface area contributed by atoms with Crippen molar-refractivity contribution in [3.05, 3.63) is 58.7 Å². The minimum atomic E-state index is -4.33. The van der Waals surface area contributed by atoms with Crippen molar-refractivity contribution in [1.29, 1.82) is 0 Å². The van der Waals surface area contributed by atoms with E-state index < -0.39 is 11.7 Å². The Morgan fingerprint density at radius 2 is 1.70 bits per heavy atom. The first kappa shape index (κ1) is 14.5. The summed E-state index contributed by atoms with van der Waals surface area (Å²) in [6.45, 7) is 0. The van der Waals surface area contributed by atoms with Crippen LogP contribution in [0.5, 0.6) is 0 Å². The quantitative estimate of drug-likeness (QED) is 0.664. The maximum Gasteiger partial charge on any atom is 0.416 e. The van der Waals surface area contributed by atoms with Gasteiger partial charge in [-0.3, -0.25) is 4.79 Å². The minimum Gasteiger partial charge on any atom is -0.298 e. The molecule has 2 aliphatic rings. The van der Waals surface area contributed by atoms with Crippen molar-refractivity contribution in [2.45, 2.75) is 37.3 Å². The zero-order valence-electron chi connectivity index (χ0n) is 12.4. The molecule has 2 aliphatic carbocycles. The van der Waals surface area contributed by atoms with E-state index in [0.717, 1.165) is 48.8 Å². The highest BCUT2D eigenvalue weighted by molar-refractivity contribution is 5.82. The first-order chi connectivity index (χ1) is 11.0. The second kappa shape index (κ2) is 4.95. The summed E-state index contributed by atoms with van der Waals surface area (Å²) in [6.07, 6.45) is -0.131. The number of aldehydes is 1. The summed E-state index contributed by atoms with van der Waals surface area (Å²) in [5.74, 6) is 0.982. The molecule has 0 aromatic heterocycles. The predicted octanol–water partition coefficient (Wildman–Crippen LogP) is 5.55. The number of benzene rings is 2. The lowest BCUT2D eigenvalue weighted by Gasteiger charge is -2.20. The number of carbonyl (C=O) groups is 1. The Labute approximate surface area is 132 Å². The number of hydrogen-bond donors (Lipinski definition) is 0. The van der Waals surface area contributed by atoms with Gasteiger partial charge in [0.05, 0.1) is 5.56 Å². The number of fused-ring (bicyclic) bond motifs is 5. The molecule has 2 aromatic rings. The third-order valence-corrected chi connectivity index (χ3v) is 5.17. The Morgan fingerprint density at radius 1 is 1.00 bits per heavy atom. The average Bonchev–Trinajstić information content (AvgIpc) is 3.15. The molecule has 2 bridgehead atoms. The van der Waals surface area contributed by atoms with Crippen LogP contribution >= 0.6 is 0 Å². The number of rotatable bonds is 2. The Kier molecular flexibility index (Phi) is 3.12. The fourth-order valence-electron chi connectivity index (χ4n) is 4.16. The number of carbonyl (C=O) groups excluding carboxylic acids is 1. The molecule has 1 fully saturated rings. The SMILES string of the molecule is O=Cc1cc(-c2ccc(C(F)(F)F)cc2)c2c(c1)C1CCC2C1. The van der Waals surface area contributed by atoms with Crippen LogP contribution in [0, 0.1) is 0 Å². The van der Waals surface area contributed by atoms with Crippen LogP contribution in [0.25, 0.3) is 11.1 Å². The summed E-state index contributed by atoms with van der Waals surface area (Å²) in [7, 11) is 0. The molecule has 23 heavy (non-hydrogen) atoms. The second-order valence-corrected chi connectivity index (χ2v) is 6.47.